The first-order valence-electron chi connectivity index (χ1n) is 18.5. The molecule has 0 bridgehead atoms. The van der Waals surface area contributed by atoms with Gasteiger partial charge >= 0.3 is 11.7 Å². The molecule has 1 aromatic heterocycles. The number of carbonyl (C=O) groups is 1. The smallest absolute Gasteiger partial charge is 0.332 e. The van der Waals surface area contributed by atoms with E-state index < -0.39 is 29.6 Å². The number of hydrogen-bond acceptors (Lipinski definition) is 6. The topological polar surface area (TPSA) is 99.6 Å². The van der Waals surface area contributed by atoms with E-state index in [2.05, 4.69) is 45.7 Å². The number of nitrogens with one attached hydrogen (secondary N) is 1. The molecule has 10 atom stereocenters. The molecular weight excluding hydrogens is 592 g/mol. The van der Waals surface area contributed by atoms with E-state index in [0.29, 0.717) is 11.0 Å². The molecule has 4 aliphatic carbocycles. The van der Waals surface area contributed by atoms with Crippen LogP contribution in [-0.2, 0) is 19.0 Å². The Morgan fingerprint density at radius 3 is 2.66 bits per heavy atom. The zero-order valence-electron chi connectivity index (χ0n) is 29.6. The van der Waals surface area contributed by atoms with Gasteiger partial charge in [0.2, 0.25) is 0 Å². The maximum Gasteiger partial charge on any atom is 0.332 e. The van der Waals surface area contributed by atoms with Crippen LogP contribution in [0.3, 0.4) is 0 Å². The van der Waals surface area contributed by atoms with Crippen LogP contribution in [0.15, 0.2) is 39.6 Å². The number of fused-ring (bicyclic) bond motifs is 5. The monoisotopic (exact) mass is 650 g/mol. The van der Waals surface area contributed by atoms with Crippen LogP contribution in [0.4, 0.5) is 0 Å². The zero-order valence-corrected chi connectivity index (χ0v) is 29.6. The summed E-state index contributed by atoms with van der Waals surface area (Å²) in [5, 5.41) is 0. The van der Waals surface area contributed by atoms with Crippen LogP contribution in [0.1, 0.15) is 117 Å². The molecule has 1 aromatic rings. The number of nitrogens with zero attached hydrogens (tertiary/aromatic N) is 1. The van der Waals surface area contributed by atoms with Crippen molar-refractivity contribution in [1.29, 1.82) is 0 Å². The molecule has 1 N–H and O–H groups in total. The molecule has 5 aliphatic rings. The standard InChI is InChI=1S/C39H58N2O6/c1-24(2)8-7-9-25(3)31-13-14-32-30-12-10-27-20-28(16-18-38(27,5)33(30)17-19-39(31,32)6)45-23-35(42)46-22-29-11-15-34(47-29)41-21-26(4)36(43)40-37(41)44/h10-11,15,21,24-25,28-34H,7-9,12-14,16-20,22-23H2,1-6H3,(H,40,43,44)/t25-,28+,29+,30+,31-,32+,33+,34-,38+,39-/m1/s1. The number of H-pyrrole nitrogens is 1. The van der Waals surface area contributed by atoms with Gasteiger partial charge in [0, 0.05) is 11.8 Å². The number of esters is 1. The summed E-state index contributed by atoms with van der Waals surface area (Å²) in [6, 6.07) is 0. The summed E-state index contributed by atoms with van der Waals surface area (Å²) in [6.07, 6.45) is 20.4. The highest BCUT2D eigenvalue weighted by atomic mass is 16.6. The average molecular weight is 651 g/mol. The number of aryl methyl sites for hydroxylation is 1. The Hall–Kier alpha value is -2.45. The first kappa shape index (κ1) is 34.4. The second-order valence-electron chi connectivity index (χ2n) is 16.6. The minimum atomic E-state index is -0.658. The fraction of sp³-hybridized carbons (Fsp3) is 0.769. The molecule has 0 aromatic carbocycles. The fourth-order valence-corrected chi connectivity index (χ4v) is 10.7. The van der Waals surface area contributed by atoms with Crippen LogP contribution in [-0.4, -0.2) is 40.9 Å². The van der Waals surface area contributed by atoms with Gasteiger partial charge in [-0.1, -0.05) is 71.6 Å². The SMILES string of the molecule is Cc1cn([C@H]2C=C[C@@H](COC(=O)CO[C@H]3CC[C@@]4(C)C(=CC[C@H]5[C@@H]6CC[C@H]([C@H](C)CCCC(C)C)[C@@]6(C)CC[C@@H]54)C3)O2)c(=O)[nH]c1=O. The minimum Gasteiger partial charge on any atom is -0.461 e. The van der Waals surface area contributed by atoms with E-state index in [-0.39, 0.29) is 24.7 Å². The lowest BCUT2D eigenvalue weighted by molar-refractivity contribution is -0.156. The van der Waals surface area contributed by atoms with Crippen molar-refractivity contribution in [3.05, 3.63) is 56.4 Å². The van der Waals surface area contributed by atoms with Crippen molar-refractivity contribution in [1.82, 2.24) is 9.55 Å². The second-order valence-corrected chi connectivity index (χ2v) is 16.6. The highest BCUT2D eigenvalue weighted by molar-refractivity contribution is 5.70. The predicted molar refractivity (Wildman–Crippen MR) is 183 cm³/mol. The molecule has 8 heteroatoms. The van der Waals surface area contributed by atoms with Gasteiger partial charge in [0.25, 0.3) is 5.56 Å². The Labute approximate surface area is 280 Å². The van der Waals surface area contributed by atoms with Crippen LogP contribution >= 0.6 is 0 Å². The quantitative estimate of drug-likeness (QED) is 0.200. The molecule has 0 radical (unpaired) electrons. The number of ether oxygens (including phenoxy) is 3. The third-order valence-electron chi connectivity index (χ3n) is 13.3. The van der Waals surface area contributed by atoms with E-state index in [9.17, 15) is 14.4 Å². The summed E-state index contributed by atoms with van der Waals surface area (Å²) in [4.78, 5) is 38.8. The van der Waals surface area contributed by atoms with Crippen LogP contribution < -0.4 is 11.2 Å². The van der Waals surface area contributed by atoms with E-state index in [1.807, 2.05) is 0 Å². The molecule has 47 heavy (non-hydrogen) atoms. The van der Waals surface area contributed by atoms with Gasteiger partial charge in [0.1, 0.15) is 19.3 Å². The van der Waals surface area contributed by atoms with E-state index in [1.54, 1.807) is 24.6 Å². The number of aromatic amines is 1. The Morgan fingerprint density at radius 2 is 1.87 bits per heavy atom. The van der Waals surface area contributed by atoms with Gasteiger partial charge in [0.05, 0.1) is 6.10 Å². The van der Waals surface area contributed by atoms with E-state index in [0.717, 1.165) is 54.8 Å². The van der Waals surface area contributed by atoms with Crippen molar-refractivity contribution in [3.8, 4) is 0 Å². The Morgan fingerprint density at radius 1 is 1.06 bits per heavy atom. The minimum absolute atomic E-state index is 0.0391. The lowest BCUT2D eigenvalue weighted by Crippen LogP contribution is -2.51. The van der Waals surface area contributed by atoms with Gasteiger partial charge < -0.3 is 14.2 Å². The molecule has 1 aliphatic heterocycles. The number of rotatable bonds is 11. The first-order valence-corrected chi connectivity index (χ1v) is 18.5. The van der Waals surface area contributed by atoms with Crippen molar-refractivity contribution in [3.63, 3.8) is 0 Å². The summed E-state index contributed by atoms with van der Waals surface area (Å²) in [7, 11) is 0. The van der Waals surface area contributed by atoms with Gasteiger partial charge in [-0.25, -0.2) is 9.59 Å². The average Bonchev–Trinajstić information content (AvgIpc) is 3.64. The molecule has 0 unspecified atom stereocenters. The second kappa shape index (κ2) is 13.8. The van der Waals surface area contributed by atoms with Gasteiger partial charge in [-0.2, -0.15) is 0 Å². The molecule has 0 amide bonds. The lowest BCUT2D eigenvalue weighted by atomic mass is 9.47. The molecule has 260 valence electrons. The van der Waals surface area contributed by atoms with Crippen molar-refractivity contribution in [2.45, 2.75) is 131 Å². The lowest BCUT2D eigenvalue weighted by Gasteiger charge is -2.58. The van der Waals surface area contributed by atoms with E-state index >= 15 is 0 Å². The molecule has 0 spiro atoms. The van der Waals surface area contributed by atoms with E-state index in [4.69, 9.17) is 14.2 Å². The first-order chi connectivity index (χ1) is 22.4. The van der Waals surface area contributed by atoms with Gasteiger partial charge in [-0.15, -0.1) is 0 Å². The van der Waals surface area contributed by atoms with Gasteiger partial charge in [0.15, 0.2) is 6.23 Å². The molecule has 0 saturated heterocycles. The van der Waals surface area contributed by atoms with Crippen LogP contribution in [0.25, 0.3) is 0 Å². The summed E-state index contributed by atoms with van der Waals surface area (Å²) in [6.45, 7) is 14.1. The third-order valence-corrected chi connectivity index (χ3v) is 13.3. The maximum absolute atomic E-state index is 12.6. The zero-order chi connectivity index (χ0) is 33.5. The third kappa shape index (κ3) is 6.88. The van der Waals surface area contributed by atoms with Gasteiger partial charge in [-0.05, 0) is 111 Å². The highest BCUT2D eigenvalue weighted by Crippen LogP contribution is 2.67. The Bertz CT molecular complexity index is 1470. The summed E-state index contributed by atoms with van der Waals surface area (Å²) >= 11 is 0. The Kier molecular flexibility index (Phi) is 10.1. The van der Waals surface area contributed by atoms with Crippen molar-refractivity contribution >= 4 is 5.97 Å². The maximum atomic E-state index is 12.6. The highest BCUT2D eigenvalue weighted by Gasteiger charge is 2.59. The number of carbonyl (C=O) groups excluding carboxylic acids is 1. The predicted octanol–water partition coefficient (Wildman–Crippen LogP) is 7.27. The molecule has 2 heterocycles. The van der Waals surface area contributed by atoms with Gasteiger partial charge in [-0.3, -0.25) is 14.3 Å². The number of aromatic nitrogens is 2. The summed E-state index contributed by atoms with van der Waals surface area (Å²) in [5.74, 6) is 4.54. The van der Waals surface area contributed by atoms with Crippen molar-refractivity contribution in [2.24, 2.45) is 46.3 Å². The summed E-state index contributed by atoms with van der Waals surface area (Å²) < 4.78 is 18.8. The number of hydrogen-bond donors (Lipinski definition) is 1. The van der Waals surface area contributed by atoms with Crippen molar-refractivity contribution < 1.29 is 19.0 Å². The van der Waals surface area contributed by atoms with Crippen molar-refractivity contribution in [2.75, 3.05) is 13.2 Å². The van der Waals surface area contributed by atoms with Crippen LogP contribution in [0, 0.1) is 53.3 Å². The normalized spacial score (nSPS) is 36.8. The molecule has 3 saturated carbocycles. The molecule has 6 rings (SSSR count). The molecular formula is C39H58N2O6. The molecule has 8 nitrogen and oxygen atoms in total. The fourth-order valence-electron chi connectivity index (χ4n) is 10.7. The van der Waals surface area contributed by atoms with Crippen LogP contribution in [0.5, 0.6) is 0 Å². The number of allylic oxidation sites excluding steroid dienone is 1. The largest absolute Gasteiger partial charge is 0.461 e. The van der Waals surface area contributed by atoms with Crippen LogP contribution in [0.2, 0.25) is 0 Å². The van der Waals surface area contributed by atoms with E-state index in [1.165, 1.54) is 62.1 Å². The molecule has 3 fully saturated rings. The Balaban J connectivity index is 0.977. The summed E-state index contributed by atoms with van der Waals surface area (Å²) in [5.41, 5.74) is 1.77.